The third-order valence-electron chi connectivity index (χ3n) is 18.3. The molecule has 4 fully saturated rings. The van der Waals surface area contributed by atoms with Gasteiger partial charge in [-0.2, -0.15) is 0 Å². The van der Waals surface area contributed by atoms with E-state index in [1.807, 2.05) is 121 Å². The molecule has 17 heteroatoms. The van der Waals surface area contributed by atoms with Crippen molar-refractivity contribution in [3.8, 4) is 0 Å². The molecule has 86 heavy (non-hydrogen) atoms. The molecule has 454 valence electrons. The van der Waals surface area contributed by atoms with Crippen molar-refractivity contribution in [3.63, 3.8) is 0 Å². The molecule has 2 aliphatic carbocycles. The van der Waals surface area contributed by atoms with E-state index < -0.39 is 72.1 Å². The highest BCUT2D eigenvalue weighted by Gasteiger charge is 2.47. The van der Waals surface area contributed by atoms with Gasteiger partial charge in [0.25, 0.3) is 5.91 Å². The van der Waals surface area contributed by atoms with Gasteiger partial charge in [-0.15, -0.1) is 0 Å². The fraction of sp³-hybridized carbons (Fsp3) is 0.449. The second kappa shape index (κ2) is 29.9. The molecule has 5 aromatic rings. The lowest BCUT2D eigenvalue weighted by atomic mass is 9.83. The fourth-order valence-electron chi connectivity index (χ4n) is 13.1. The summed E-state index contributed by atoms with van der Waals surface area (Å²) in [6.45, 7) is 3.60. The highest BCUT2D eigenvalue weighted by molar-refractivity contribution is 6.00. The third-order valence-corrected chi connectivity index (χ3v) is 18.3. The Kier molecular flexibility index (Phi) is 21.7. The summed E-state index contributed by atoms with van der Waals surface area (Å²) in [5.74, 6) is -3.45. The highest BCUT2D eigenvalue weighted by atomic mass is 16.2. The van der Waals surface area contributed by atoms with Crippen LogP contribution in [0, 0.1) is 17.8 Å². The van der Waals surface area contributed by atoms with Crippen LogP contribution < -0.4 is 37.2 Å². The zero-order chi connectivity index (χ0) is 60.7. The predicted molar refractivity (Wildman–Crippen MR) is 330 cm³/mol. The number of rotatable bonds is 23. The fourth-order valence-corrected chi connectivity index (χ4v) is 13.1. The first kappa shape index (κ1) is 62.5. The zero-order valence-corrected chi connectivity index (χ0v) is 50.1. The lowest BCUT2D eigenvalue weighted by Crippen LogP contribution is -2.58. The molecule has 2 heterocycles. The van der Waals surface area contributed by atoms with Crippen molar-refractivity contribution < 1.29 is 38.4 Å². The number of hydrogen-bond acceptors (Lipinski definition) is 10. The summed E-state index contributed by atoms with van der Waals surface area (Å²) >= 11 is 0. The van der Waals surface area contributed by atoms with E-state index in [9.17, 15) is 28.8 Å². The van der Waals surface area contributed by atoms with Crippen LogP contribution in [-0.2, 0) is 28.8 Å². The van der Waals surface area contributed by atoms with Gasteiger partial charge in [0.15, 0.2) is 5.78 Å². The van der Waals surface area contributed by atoms with E-state index in [0.717, 1.165) is 86.5 Å². The van der Waals surface area contributed by atoms with E-state index >= 15 is 9.59 Å². The smallest absolute Gasteiger partial charge is 0.251 e. The maximum absolute atomic E-state index is 15.1. The third kappa shape index (κ3) is 15.5. The average molecular weight is 1170 g/mol. The SMILES string of the molecule is CN[C@@H](C)C(=O)N[C@H](C(=O)N1C[C@@H](CC(=O)c2ccc(C(=O)N[C@H]3C[C@@H](C(=O)NC(c4ccccc4)c4ccccc4)N(C(=O)[C@@H](NC(=O)[C@H](C)NC)C4CCCCC4)C3)cc2)CC1C(=O)NC(c1ccccc1)c1ccccc1)C1CCCCC1. The Morgan fingerprint density at radius 3 is 1.22 bits per heavy atom. The minimum atomic E-state index is -0.993. The Bertz CT molecular complexity index is 2820. The van der Waals surface area contributed by atoms with Gasteiger partial charge in [0.05, 0.1) is 24.2 Å². The molecule has 8 atom stereocenters. The first-order chi connectivity index (χ1) is 41.7. The number of benzene rings is 5. The number of amides is 7. The number of carbonyl (C=O) groups is 8. The number of hydrogen-bond donors (Lipinski definition) is 7. The topological polar surface area (TPSA) is 227 Å². The number of carbonyl (C=O) groups excluding carboxylic acids is 8. The van der Waals surface area contributed by atoms with Crippen molar-refractivity contribution in [2.45, 2.75) is 152 Å². The quantitative estimate of drug-likeness (QED) is 0.0322. The zero-order valence-electron chi connectivity index (χ0n) is 50.1. The molecule has 2 saturated carbocycles. The summed E-state index contributed by atoms with van der Waals surface area (Å²) < 4.78 is 0. The number of nitrogens with one attached hydrogen (secondary N) is 7. The largest absolute Gasteiger partial charge is 0.347 e. The highest BCUT2D eigenvalue weighted by Crippen LogP contribution is 2.35. The van der Waals surface area contributed by atoms with Crippen LogP contribution in [0.4, 0.5) is 0 Å². The van der Waals surface area contributed by atoms with Crippen molar-refractivity contribution in [1.82, 2.24) is 47.0 Å². The minimum absolute atomic E-state index is 0.0120. The molecule has 0 spiro atoms. The van der Waals surface area contributed by atoms with Crippen molar-refractivity contribution in [1.29, 1.82) is 0 Å². The Labute approximate surface area is 506 Å². The molecule has 7 amide bonds. The van der Waals surface area contributed by atoms with Gasteiger partial charge in [0.2, 0.25) is 35.4 Å². The minimum Gasteiger partial charge on any atom is -0.347 e. The van der Waals surface area contributed by atoms with E-state index in [0.29, 0.717) is 5.56 Å². The van der Waals surface area contributed by atoms with Crippen LogP contribution in [0.3, 0.4) is 0 Å². The number of likely N-dealkylation sites (tertiary alicyclic amines) is 2. The predicted octanol–water partition coefficient (Wildman–Crippen LogP) is 7.33. The molecule has 9 rings (SSSR count). The summed E-state index contributed by atoms with van der Waals surface area (Å²) in [5, 5.41) is 21.7. The van der Waals surface area contributed by atoms with E-state index in [2.05, 4.69) is 37.2 Å². The van der Waals surface area contributed by atoms with Gasteiger partial charge in [0.1, 0.15) is 24.2 Å². The van der Waals surface area contributed by atoms with Crippen LogP contribution >= 0.6 is 0 Å². The Balaban J connectivity index is 0.927. The van der Waals surface area contributed by atoms with Crippen molar-refractivity contribution in [2.24, 2.45) is 17.8 Å². The molecule has 0 aromatic heterocycles. The Morgan fingerprint density at radius 2 is 0.826 bits per heavy atom. The van der Waals surface area contributed by atoms with Crippen molar-refractivity contribution in [2.75, 3.05) is 27.2 Å². The van der Waals surface area contributed by atoms with Gasteiger partial charge < -0.3 is 47.0 Å². The van der Waals surface area contributed by atoms with E-state index in [-0.39, 0.29) is 85.1 Å². The van der Waals surface area contributed by atoms with E-state index in [1.54, 1.807) is 57.1 Å². The monoisotopic (exact) mass is 1170 g/mol. The first-order valence-electron chi connectivity index (χ1n) is 31.0. The molecule has 4 aliphatic rings. The van der Waals surface area contributed by atoms with Crippen molar-refractivity contribution >= 4 is 47.1 Å². The Morgan fingerprint density at radius 1 is 0.453 bits per heavy atom. The summed E-state index contributed by atoms with van der Waals surface area (Å²) in [6.07, 6.45) is 9.10. The molecular weight excluding hydrogens is 1080 g/mol. The van der Waals surface area contributed by atoms with E-state index in [4.69, 9.17) is 0 Å². The van der Waals surface area contributed by atoms with Crippen molar-refractivity contribution in [3.05, 3.63) is 179 Å². The molecule has 5 aromatic carbocycles. The molecule has 0 radical (unpaired) electrons. The molecule has 17 nitrogen and oxygen atoms in total. The Hall–Kier alpha value is -8.02. The number of ketones is 1. The number of Topliss-reactive ketones (excluding diaryl/α,β-unsaturated/α-hetero) is 1. The standard InChI is InChI=1S/C69H85N9O8/c1-44(70-3)63(80)75-61(52-31-19-9-20-32-52)68(85)77-42-46(39-56(77)66(83)73-59(48-23-11-5-12-24-48)49-25-13-6-14-26-49)40-58(79)47-35-37-54(38-36-47)65(82)72-55-41-57(67(84)74-60(50-27-15-7-16-28-50)51-29-17-8-18-30-51)78(43-55)69(86)62(53-33-21-10-22-34-53)76-64(81)45(2)71-4/h5-8,11-18,23-30,35-38,44-46,52-53,55-57,59-62,70-71H,9-10,19-22,31-34,39-43H2,1-4H3,(H,72,82)(H,73,83)(H,74,84)(H,75,80)(H,76,81)/t44-,45-,46+,55-,56?,57-,61-,62-/m0/s1. The normalized spacial score (nSPS) is 20.5. The van der Waals surface area contributed by atoms with Gasteiger partial charge in [-0.05, 0) is 119 Å². The van der Waals surface area contributed by atoms with Crippen LogP contribution in [0.5, 0.6) is 0 Å². The summed E-state index contributed by atoms with van der Waals surface area (Å²) in [6, 6.07) is 38.3. The molecular formula is C69H85N9O8. The second-order valence-corrected chi connectivity index (χ2v) is 24.0. The average Bonchev–Trinajstić information content (AvgIpc) is 2.33. The second-order valence-electron chi connectivity index (χ2n) is 24.0. The molecule has 1 unspecified atom stereocenters. The summed E-state index contributed by atoms with van der Waals surface area (Å²) in [4.78, 5) is 119. The van der Waals surface area contributed by atoms with Crippen LogP contribution in [0.2, 0.25) is 0 Å². The van der Waals surface area contributed by atoms with Crippen LogP contribution in [0.1, 0.15) is 152 Å². The number of nitrogens with zero attached hydrogens (tertiary/aromatic N) is 2. The van der Waals surface area contributed by atoms with Gasteiger partial charge in [-0.3, -0.25) is 38.4 Å². The molecule has 2 saturated heterocycles. The lowest BCUT2D eigenvalue weighted by molar-refractivity contribution is -0.143. The van der Waals surface area contributed by atoms with Crippen LogP contribution in [0.25, 0.3) is 0 Å². The van der Waals surface area contributed by atoms with Gasteiger partial charge in [-0.1, -0.05) is 172 Å². The lowest BCUT2D eigenvalue weighted by Gasteiger charge is -2.35. The van der Waals surface area contributed by atoms with E-state index in [1.165, 1.54) is 4.90 Å². The maximum atomic E-state index is 15.1. The first-order valence-corrected chi connectivity index (χ1v) is 31.0. The van der Waals surface area contributed by atoms with Crippen LogP contribution in [-0.4, -0.2) is 126 Å². The molecule has 7 N–H and O–H groups in total. The maximum Gasteiger partial charge on any atom is 0.251 e. The van der Waals surface area contributed by atoms with Gasteiger partial charge in [0, 0.05) is 36.7 Å². The molecule has 0 bridgehead atoms. The van der Waals surface area contributed by atoms with Gasteiger partial charge >= 0.3 is 0 Å². The van der Waals surface area contributed by atoms with Gasteiger partial charge in [-0.25, -0.2) is 0 Å². The summed E-state index contributed by atoms with van der Waals surface area (Å²) in [7, 11) is 3.37. The molecule has 2 aliphatic heterocycles. The number of likely N-dealkylation sites (N-methyl/N-ethyl adjacent to an activating group) is 2. The van der Waals surface area contributed by atoms with Crippen LogP contribution in [0.15, 0.2) is 146 Å². The summed E-state index contributed by atoms with van der Waals surface area (Å²) in [5.41, 5.74) is 4.05.